The molecule has 0 atom stereocenters. The van der Waals surface area contributed by atoms with E-state index in [1.54, 1.807) is 41.3 Å². The Labute approximate surface area is 184 Å². The maximum Gasteiger partial charge on any atom is 0.258 e. The molecule has 2 heterocycles. The van der Waals surface area contributed by atoms with Crippen LogP contribution in [-0.2, 0) is 11.3 Å². The van der Waals surface area contributed by atoms with E-state index < -0.39 is 0 Å². The zero-order chi connectivity index (χ0) is 21.8. The molecule has 0 saturated heterocycles. The van der Waals surface area contributed by atoms with Crippen LogP contribution in [0.15, 0.2) is 47.3 Å². The molecule has 0 unspecified atom stereocenters. The number of H-pyrrole nitrogens is 1. The van der Waals surface area contributed by atoms with Crippen molar-refractivity contribution in [2.45, 2.75) is 19.9 Å². The molecule has 1 N–H and O–H groups in total. The predicted octanol–water partition coefficient (Wildman–Crippen LogP) is 3.80. The van der Waals surface area contributed by atoms with Gasteiger partial charge in [0.25, 0.3) is 5.56 Å². The quantitative estimate of drug-likeness (QED) is 0.611. The smallest absolute Gasteiger partial charge is 0.258 e. The van der Waals surface area contributed by atoms with Gasteiger partial charge in [-0.3, -0.25) is 9.59 Å². The van der Waals surface area contributed by atoms with E-state index in [9.17, 15) is 9.59 Å². The minimum absolute atomic E-state index is 0.196. The van der Waals surface area contributed by atoms with E-state index in [1.807, 2.05) is 13.0 Å². The van der Waals surface area contributed by atoms with Crippen molar-refractivity contribution in [1.29, 1.82) is 0 Å². The average Bonchev–Trinajstić information content (AvgIpc) is 3.02. The Morgan fingerprint density at radius 2 is 2.06 bits per heavy atom. The van der Waals surface area contributed by atoms with Gasteiger partial charge in [-0.15, -0.1) is 0 Å². The second kappa shape index (κ2) is 9.22. The monoisotopic (exact) mass is 439 g/mol. The highest BCUT2D eigenvalue weighted by Gasteiger charge is 2.16. The Bertz CT molecular complexity index is 1210. The van der Waals surface area contributed by atoms with Gasteiger partial charge < -0.3 is 19.4 Å². The van der Waals surface area contributed by atoms with Crippen molar-refractivity contribution in [2.24, 2.45) is 0 Å². The topological polar surface area (TPSA) is 84.5 Å². The van der Waals surface area contributed by atoms with Crippen molar-refractivity contribution in [3.63, 3.8) is 0 Å². The zero-order valence-corrected chi connectivity index (χ0v) is 17.8. The van der Waals surface area contributed by atoms with Crippen LogP contribution in [0.5, 0.6) is 11.5 Å². The number of nitrogens with zero attached hydrogens (tertiary/aromatic N) is 2. The summed E-state index contributed by atoms with van der Waals surface area (Å²) in [5.74, 6) is 1.33. The fourth-order valence-electron chi connectivity index (χ4n) is 3.36. The number of amides is 1. The highest BCUT2D eigenvalue weighted by atomic mass is 35.5. The highest BCUT2D eigenvalue weighted by molar-refractivity contribution is 6.32. The Kier molecular flexibility index (Phi) is 6.23. The Balaban J connectivity index is 1.52. The molecule has 1 amide bonds. The number of fused-ring (bicyclic) bond motifs is 2. The van der Waals surface area contributed by atoms with Crippen LogP contribution in [0.25, 0.3) is 17.0 Å². The van der Waals surface area contributed by atoms with E-state index in [0.717, 1.165) is 12.0 Å². The van der Waals surface area contributed by atoms with Crippen LogP contribution in [0, 0.1) is 0 Å². The van der Waals surface area contributed by atoms with Gasteiger partial charge in [-0.2, -0.15) is 0 Å². The number of aromatic amines is 1. The van der Waals surface area contributed by atoms with Crippen LogP contribution in [0.4, 0.5) is 0 Å². The summed E-state index contributed by atoms with van der Waals surface area (Å²) in [7, 11) is 0. The minimum atomic E-state index is -0.221. The van der Waals surface area contributed by atoms with E-state index >= 15 is 0 Å². The number of halogens is 1. The Morgan fingerprint density at radius 1 is 1.26 bits per heavy atom. The molecule has 3 aromatic rings. The lowest BCUT2D eigenvalue weighted by Gasteiger charge is -2.18. The molecule has 1 aliphatic heterocycles. The number of para-hydroxylation sites is 1. The molecule has 160 valence electrons. The molecule has 7 nitrogen and oxygen atoms in total. The summed E-state index contributed by atoms with van der Waals surface area (Å²) >= 11 is 6.32. The second-order valence-corrected chi connectivity index (χ2v) is 7.50. The van der Waals surface area contributed by atoms with E-state index in [4.69, 9.17) is 21.1 Å². The number of likely N-dealkylation sites (N-methyl/N-ethyl adjacent to an activating group) is 1. The Morgan fingerprint density at radius 3 is 2.90 bits per heavy atom. The largest absolute Gasteiger partial charge is 0.489 e. The summed E-state index contributed by atoms with van der Waals surface area (Å²) in [4.78, 5) is 33.9. The molecule has 0 saturated carbocycles. The summed E-state index contributed by atoms with van der Waals surface area (Å²) in [6.07, 6.45) is 3.94. The second-order valence-electron chi connectivity index (χ2n) is 7.10. The summed E-state index contributed by atoms with van der Waals surface area (Å²) < 4.78 is 11.3. The van der Waals surface area contributed by atoms with Crippen LogP contribution in [0.3, 0.4) is 0 Å². The predicted molar refractivity (Wildman–Crippen MR) is 120 cm³/mol. The highest BCUT2D eigenvalue weighted by Crippen LogP contribution is 2.38. The van der Waals surface area contributed by atoms with Crippen molar-refractivity contribution < 1.29 is 14.3 Å². The lowest BCUT2D eigenvalue weighted by atomic mass is 10.2. The summed E-state index contributed by atoms with van der Waals surface area (Å²) in [6.45, 7) is 3.63. The van der Waals surface area contributed by atoms with Gasteiger partial charge in [-0.1, -0.05) is 23.7 Å². The van der Waals surface area contributed by atoms with Crippen molar-refractivity contribution in [3.05, 3.63) is 69.2 Å². The van der Waals surface area contributed by atoms with Crippen molar-refractivity contribution in [1.82, 2.24) is 14.9 Å². The maximum absolute atomic E-state index is 12.8. The van der Waals surface area contributed by atoms with Gasteiger partial charge in [0.2, 0.25) is 5.91 Å². The molecule has 8 heteroatoms. The van der Waals surface area contributed by atoms with Gasteiger partial charge in [-0.05, 0) is 42.8 Å². The molecule has 1 aromatic heterocycles. The van der Waals surface area contributed by atoms with Crippen LogP contribution in [0.2, 0.25) is 5.02 Å². The van der Waals surface area contributed by atoms with E-state index in [-0.39, 0.29) is 18.0 Å². The number of carbonyl (C=O) groups excluding carboxylic acids is 1. The molecule has 0 aliphatic carbocycles. The minimum Gasteiger partial charge on any atom is -0.489 e. The fourth-order valence-corrected chi connectivity index (χ4v) is 3.63. The number of benzene rings is 2. The molecule has 2 aromatic carbocycles. The molecule has 31 heavy (non-hydrogen) atoms. The third-order valence-electron chi connectivity index (χ3n) is 4.94. The first-order valence-corrected chi connectivity index (χ1v) is 10.5. The summed E-state index contributed by atoms with van der Waals surface area (Å²) in [6, 6.07) is 10.6. The number of hydrogen-bond donors (Lipinski definition) is 1. The fraction of sp³-hybridized carbons (Fsp3) is 0.261. The molecule has 0 radical (unpaired) electrons. The zero-order valence-electron chi connectivity index (χ0n) is 17.1. The number of nitrogens with one attached hydrogen (secondary N) is 1. The lowest BCUT2D eigenvalue weighted by Crippen LogP contribution is -2.30. The van der Waals surface area contributed by atoms with Gasteiger partial charge in [-0.25, -0.2) is 4.98 Å². The third-order valence-corrected chi connectivity index (χ3v) is 5.22. The van der Waals surface area contributed by atoms with Crippen LogP contribution < -0.4 is 15.0 Å². The third kappa shape index (κ3) is 4.72. The van der Waals surface area contributed by atoms with Crippen LogP contribution >= 0.6 is 11.6 Å². The van der Waals surface area contributed by atoms with E-state index in [0.29, 0.717) is 53.0 Å². The summed E-state index contributed by atoms with van der Waals surface area (Å²) in [5.41, 5.74) is 1.11. The number of carbonyl (C=O) groups is 1. The van der Waals surface area contributed by atoms with E-state index in [1.165, 1.54) is 6.08 Å². The molecular weight excluding hydrogens is 418 g/mol. The van der Waals surface area contributed by atoms with Gasteiger partial charge in [0, 0.05) is 19.0 Å². The first kappa shape index (κ1) is 20.9. The number of rotatable bonds is 5. The van der Waals surface area contributed by atoms with Gasteiger partial charge >= 0.3 is 0 Å². The average molecular weight is 440 g/mol. The van der Waals surface area contributed by atoms with Crippen molar-refractivity contribution >= 4 is 34.5 Å². The van der Waals surface area contributed by atoms with E-state index in [2.05, 4.69) is 9.97 Å². The van der Waals surface area contributed by atoms with Crippen molar-refractivity contribution in [3.8, 4) is 11.5 Å². The molecular formula is C23H22ClN3O4. The number of ether oxygens (including phenoxy) is 2. The van der Waals surface area contributed by atoms with Crippen molar-refractivity contribution in [2.75, 3.05) is 19.8 Å². The molecule has 0 bridgehead atoms. The first-order chi connectivity index (χ1) is 15.0. The van der Waals surface area contributed by atoms with Gasteiger partial charge in [0.15, 0.2) is 11.5 Å². The molecule has 0 fully saturated rings. The maximum atomic E-state index is 12.8. The lowest BCUT2D eigenvalue weighted by molar-refractivity contribution is -0.126. The SMILES string of the molecule is CCN(Cc1nc2ccccc2c(=O)[nH]1)C(=O)C=Cc1cc(Cl)c2c(c1)OCCCO2. The van der Waals surface area contributed by atoms with Gasteiger partial charge in [0.1, 0.15) is 5.82 Å². The first-order valence-electron chi connectivity index (χ1n) is 10.1. The molecule has 1 aliphatic rings. The molecule has 4 rings (SSSR count). The standard InChI is InChI=1S/C23H22ClN3O4/c1-2-27(14-20-25-18-7-4-3-6-16(18)23(29)26-20)21(28)9-8-15-12-17(24)22-19(13-15)30-10-5-11-31-22/h3-4,6-9,12-13H,2,5,10-11,14H2,1H3,(H,25,26,29). The van der Waals surface area contributed by atoms with Gasteiger partial charge in [0.05, 0.1) is 35.7 Å². The van der Waals surface area contributed by atoms with Crippen LogP contribution in [-0.4, -0.2) is 40.5 Å². The number of aromatic nitrogens is 2. The summed E-state index contributed by atoms with van der Waals surface area (Å²) in [5, 5.41) is 0.962. The molecule has 0 spiro atoms. The Hall–Kier alpha value is -3.32. The number of hydrogen-bond acceptors (Lipinski definition) is 5. The van der Waals surface area contributed by atoms with Crippen LogP contribution in [0.1, 0.15) is 24.7 Å². The normalized spacial score (nSPS) is 13.4.